The molecule has 0 saturated heterocycles. The minimum absolute atomic E-state index is 0.330. The summed E-state index contributed by atoms with van der Waals surface area (Å²) >= 11 is 0. The van der Waals surface area contributed by atoms with E-state index in [4.69, 9.17) is 5.11 Å². The molecule has 0 fully saturated rings. The van der Waals surface area contributed by atoms with E-state index in [1.54, 1.807) is 26.0 Å². The molecule has 1 N–H and O–H groups in total. The summed E-state index contributed by atoms with van der Waals surface area (Å²) in [6.07, 6.45) is 0.333. The highest BCUT2D eigenvalue weighted by Crippen LogP contribution is 2.22. The van der Waals surface area contributed by atoms with Gasteiger partial charge >= 0.3 is 5.97 Å². The van der Waals surface area contributed by atoms with Crippen molar-refractivity contribution in [3.05, 3.63) is 35.6 Å². The van der Waals surface area contributed by atoms with Crippen molar-refractivity contribution >= 4 is 5.97 Å². The monoisotopic (exact) mass is 196 g/mol. The number of hydrogen-bond donors (Lipinski definition) is 1. The molecule has 0 atom stereocenters. The van der Waals surface area contributed by atoms with Gasteiger partial charge in [-0.1, -0.05) is 12.1 Å². The first-order chi connectivity index (χ1) is 6.42. The fourth-order valence-electron chi connectivity index (χ4n) is 1.23. The smallest absolute Gasteiger partial charge is 0.309 e. The normalized spacial score (nSPS) is 11.4. The molecular formula is C11H13FO2. The van der Waals surface area contributed by atoms with Crippen molar-refractivity contribution in [1.29, 1.82) is 0 Å². The van der Waals surface area contributed by atoms with Gasteiger partial charge in [-0.05, 0) is 38.0 Å². The Bertz CT molecular complexity index is 345. The van der Waals surface area contributed by atoms with Crippen molar-refractivity contribution in [2.75, 3.05) is 0 Å². The van der Waals surface area contributed by atoms with Crippen molar-refractivity contribution < 1.29 is 14.3 Å². The van der Waals surface area contributed by atoms with Crippen LogP contribution < -0.4 is 0 Å². The number of halogens is 1. The summed E-state index contributed by atoms with van der Waals surface area (Å²) in [6, 6.07) is 6.03. The SMILES string of the molecule is CC(C)(Cc1cccc(F)c1)C(=O)O. The third-order valence-corrected chi connectivity index (χ3v) is 2.11. The first-order valence-electron chi connectivity index (χ1n) is 4.40. The van der Waals surface area contributed by atoms with Crippen molar-refractivity contribution in [2.45, 2.75) is 20.3 Å². The van der Waals surface area contributed by atoms with E-state index >= 15 is 0 Å². The van der Waals surface area contributed by atoms with Gasteiger partial charge in [0.15, 0.2) is 0 Å². The van der Waals surface area contributed by atoms with Crippen LogP contribution in [0.2, 0.25) is 0 Å². The number of benzene rings is 1. The molecule has 0 aromatic heterocycles. The fraction of sp³-hybridized carbons (Fsp3) is 0.364. The maximum atomic E-state index is 12.8. The summed E-state index contributed by atoms with van der Waals surface area (Å²) in [5, 5.41) is 8.88. The predicted octanol–water partition coefficient (Wildman–Crippen LogP) is 2.48. The third-order valence-electron chi connectivity index (χ3n) is 2.11. The lowest BCUT2D eigenvalue weighted by Crippen LogP contribution is -2.26. The molecule has 0 bridgehead atoms. The highest BCUT2D eigenvalue weighted by Gasteiger charge is 2.27. The van der Waals surface area contributed by atoms with Crippen LogP contribution in [0.15, 0.2) is 24.3 Å². The van der Waals surface area contributed by atoms with Gasteiger partial charge in [0, 0.05) is 0 Å². The van der Waals surface area contributed by atoms with Gasteiger partial charge in [-0.25, -0.2) is 4.39 Å². The molecule has 0 radical (unpaired) electrons. The summed E-state index contributed by atoms with van der Waals surface area (Å²) in [5.41, 5.74) is -0.147. The van der Waals surface area contributed by atoms with Crippen LogP contribution in [0.3, 0.4) is 0 Å². The van der Waals surface area contributed by atoms with E-state index in [1.807, 2.05) is 0 Å². The van der Waals surface area contributed by atoms with E-state index in [0.717, 1.165) is 0 Å². The maximum absolute atomic E-state index is 12.8. The standard InChI is InChI=1S/C11H13FO2/c1-11(2,10(13)14)7-8-4-3-5-9(12)6-8/h3-6H,7H2,1-2H3,(H,13,14). The molecule has 3 heteroatoms. The molecule has 2 nitrogen and oxygen atoms in total. The molecule has 76 valence electrons. The second-order valence-electron chi connectivity index (χ2n) is 4.00. The average Bonchev–Trinajstić information content (AvgIpc) is 2.02. The van der Waals surface area contributed by atoms with Crippen molar-refractivity contribution in [2.24, 2.45) is 5.41 Å². The zero-order valence-corrected chi connectivity index (χ0v) is 8.25. The Balaban J connectivity index is 2.83. The highest BCUT2D eigenvalue weighted by atomic mass is 19.1. The fourth-order valence-corrected chi connectivity index (χ4v) is 1.23. The minimum Gasteiger partial charge on any atom is -0.481 e. The number of carboxylic acids is 1. The zero-order valence-electron chi connectivity index (χ0n) is 8.25. The lowest BCUT2D eigenvalue weighted by Gasteiger charge is -2.18. The molecule has 0 aliphatic rings. The Hall–Kier alpha value is -1.38. The maximum Gasteiger partial charge on any atom is 0.309 e. The second kappa shape index (κ2) is 3.78. The summed E-state index contributed by atoms with van der Waals surface area (Å²) in [4.78, 5) is 10.8. The predicted molar refractivity (Wildman–Crippen MR) is 51.5 cm³/mol. The van der Waals surface area contributed by atoms with Crippen LogP contribution >= 0.6 is 0 Å². The first kappa shape index (κ1) is 10.7. The Morgan fingerprint density at radius 1 is 1.50 bits per heavy atom. The van der Waals surface area contributed by atoms with E-state index < -0.39 is 11.4 Å². The second-order valence-corrected chi connectivity index (χ2v) is 4.00. The zero-order chi connectivity index (χ0) is 10.8. The van der Waals surface area contributed by atoms with Crippen LogP contribution in [0.25, 0.3) is 0 Å². The quantitative estimate of drug-likeness (QED) is 0.806. The number of hydrogen-bond acceptors (Lipinski definition) is 1. The summed E-state index contributed by atoms with van der Waals surface area (Å²) in [7, 11) is 0. The molecule has 1 rings (SSSR count). The van der Waals surface area contributed by atoms with Crippen LogP contribution in [0.1, 0.15) is 19.4 Å². The Morgan fingerprint density at radius 3 is 2.64 bits per heavy atom. The molecule has 0 unspecified atom stereocenters. The third kappa shape index (κ3) is 2.55. The first-order valence-corrected chi connectivity index (χ1v) is 4.40. The molecule has 1 aromatic carbocycles. The molecule has 0 amide bonds. The number of carbonyl (C=O) groups is 1. The topological polar surface area (TPSA) is 37.3 Å². The molecule has 0 saturated carbocycles. The lowest BCUT2D eigenvalue weighted by atomic mass is 9.86. The van der Waals surface area contributed by atoms with Gasteiger partial charge in [0.1, 0.15) is 5.82 Å². The van der Waals surface area contributed by atoms with Crippen molar-refractivity contribution in [3.8, 4) is 0 Å². The highest BCUT2D eigenvalue weighted by molar-refractivity contribution is 5.74. The van der Waals surface area contributed by atoms with E-state index in [-0.39, 0.29) is 5.82 Å². The van der Waals surface area contributed by atoms with Gasteiger partial charge in [-0.3, -0.25) is 4.79 Å². The van der Waals surface area contributed by atoms with Crippen molar-refractivity contribution in [3.63, 3.8) is 0 Å². The van der Waals surface area contributed by atoms with Gasteiger partial charge in [0.2, 0.25) is 0 Å². The number of aliphatic carboxylic acids is 1. The van der Waals surface area contributed by atoms with Crippen molar-refractivity contribution in [1.82, 2.24) is 0 Å². The molecule has 14 heavy (non-hydrogen) atoms. The average molecular weight is 196 g/mol. The van der Waals surface area contributed by atoms with Crippen LogP contribution in [-0.4, -0.2) is 11.1 Å². The lowest BCUT2D eigenvalue weighted by molar-refractivity contribution is -0.146. The molecule has 0 aliphatic heterocycles. The van der Waals surface area contributed by atoms with E-state index in [9.17, 15) is 9.18 Å². The summed E-state index contributed by atoms with van der Waals surface area (Å²) < 4.78 is 12.8. The Morgan fingerprint density at radius 2 is 2.14 bits per heavy atom. The Labute approximate surface area is 82.4 Å². The van der Waals surface area contributed by atoms with E-state index in [0.29, 0.717) is 12.0 Å². The van der Waals surface area contributed by atoms with Crippen LogP contribution in [-0.2, 0) is 11.2 Å². The van der Waals surface area contributed by atoms with Gasteiger partial charge in [0.05, 0.1) is 5.41 Å². The summed E-state index contributed by atoms with van der Waals surface area (Å²) in [6.45, 7) is 3.25. The molecule has 1 aromatic rings. The van der Waals surface area contributed by atoms with Gasteiger partial charge in [0.25, 0.3) is 0 Å². The number of rotatable bonds is 3. The largest absolute Gasteiger partial charge is 0.481 e. The minimum atomic E-state index is -0.873. The van der Waals surface area contributed by atoms with E-state index in [2.05, 4.69) is 0 Å². The van der Waals surface area contributed by atoms with Crippen LogP contribution in [0.4, 0.5) is 4.39 Å². The van der Waals surface area contributed by atoms with E-state index in [1.165, 1.54) is 12.1 Å². The number of carboxylic acid groups (broad SMARTS) is 1. The van der Waals surface area contributed by atoms with Gasteiger partial charge in [-0.15, -0.1) is 0 Å². The summed E-state index contributed by atoms with van der Waals surface area (Å²) in [5.74, 6) is -1.20. The van der Waals surface area contributed by atoms with Gasteiger partial charge < -0.3 is 5.11 Å². The molecule has 0 spiro atoms. The van der Waals surface area contributed by atoms with Crippen LogP contribution in [0, 0.1) is 11.2 Å². The Kier molecular flexibility index (Phi) is 2.89. The molecule has 0 aliphatic carbocycles. The molecule has 0 heterocycles. The van der Waals surface area contributed by atoms with Gasteiger partial charge in [-0.2, -0.15) is 0 Å². The molecular weight excluding hydrogens is 183 g/mol. The van der Waals surface area contributed by atoms with Crippen LogP contribution in [0.5, 0.6) is 0 Å².